The Morgan fingerprint density at radius 1 is 1.36 bits per heavy atom. The van der Waals surface area contributed by atoms with Crippen LogP contribution < -0.4 is 0 Å². The molecule has 0 spiro atoms. The monoisotopic (exact) mass is 215 g/mol. The Kier molecular flexibility index (Phi) is 5.00. The molecule has 76 valence electrons. The third-order valence-corrected chi connectivity index (χ3v) is 1.78. The molecule has 0 saturated carbocycles. The van der Waals surface area contributed by atoms with Gasteiger partial charge in [0, 0.05) is 5.88 Å². The van der Waals surface area contributed by atoms with Crippen LogP contribution in [0.4, 0.5) is 4.39 Å². The smallest absolute Gasteiger partial charge is 0.123 e. The summed E-state index contributed by atoms with van der Waals surface area (Å²) in [5.74, 6) is 0.303. The molecular weight excluding hydrogens is 205 g/mol. The summed E-state index contributed by atoms with van der Waals surface area (Å²) >= 11 is 5.44. The van der Waals surface area contributed by atoms with Gasteiger partial charge in [-0.1, -0.05) is 17.3 Å². The van der Waals surface area contributed by atoms with Crippen molar-refractivity contribution in [1.82, 2.24) is 0 Å². The lowest BCUT2D eigenvalue weighted by Gasteiger charge is -1.95. The van der Waals surface area contributed by atoms with E-state index in [1.54, 1.807) is 12.1 Å². The second kappa shape index (κ2) is 6.38. The molecule has 0 aliphatic rings. The zero-order valence-electron chi connectivity index (χ0n) is 7.62. The van der Waals surface area contributed by atoms with Gasteiger partial charge in [-0.05, 0) is 24.1 Å². The molecular formula is C10H11ClFNO. The zero-order valence-corrected chi connectivity index (χ0v) is 8.38. The summed E-state index contributed by atoms with van der Waals surface area (Å²) in [6.45, 7) is 0.501. The number of alkyl halides is 1. The van der Waals surface area contributed by atoms with Crippen LogP contribution in [-0.2, 0) is 4.84 Å². The first-order valence-corrected chi connectivity index (χ1v) is 4.83. The van der Waals surface area contributed by atoms with E-state index in [1.807, 2.05) is 0 Å². The highest BCUT2D eigenvalue weighted by atomic mass is 35.5. The maximum atomic E-state index is 12.5. The van der Waals surface area contributed by atoms with Gasteiger partial charge >= 0.3 is 0 Å². The van der Waals surface area contributed by atoms with Crippen molar-refractivity contribution in [1.29, 1.82) is 0 Å². The summed E-state index contributed by atoms with van der Waals surface area (Å²) in [6.07, 6.45) is 2.30. The van der Waals surface area contributed by atoms with Crippen LogP contribution in [0.2, 0.25) is 0 Å². The van der Waals surface area contributed by atoms with Gasteiger partial charge in [0.15, 0.2) is 0 Å². The van der Waals surface area contributed by atoms with Crippen molar-refractivity contribution in [3.8, 4) is 0 Å². The molecule has 1 aromatic carbocycles. The molecule has 0 atom stereocenters. The Morgan fingerprint density at radius 2 is 2.07 bits per heavy atom. The van der Waals surface area contributed by atoms with Crippen LogP contribution in [0.3, 0.4) is 0 Å². The lowest BCUT2D eigenvalue weighted by molar-refractivity contribution is 0.147. The molecule has 1 aromatic rings. The predicted octanol–water partition coefficient (Wildman–Crippen LogP) is 2.81. The fraction of sp³-hybridized carbons (Fsp3) is 0.300. The highest BCUT2D eigenvalue weighted by Crippen LogP contribution is 1.99. The highest BCUT2D eigenvalue weighted by Gasteiger charge is 1.89. The Bertz CT molecular complexity index is 287. The van der Waals surface area contributed by atoms with E-state index in [-0.39, 0.29) is 5.82 Å². The zero-order chi connectivity index (χ0) is 10.2. The Hall–Kier alpha value is -1.09. The number of hydrogen-bond acceptors (Lipinski definition) is 2. The molecule has 14 heavy (non-hydrogen) atoms. The maximum absolute atomic E-state index is 12.5. The topological polar surface area (TPSA) is 21.6 Å². The third kappa shape index (κ3) is 4.23. The number of hydrogen-bond donors (Lipinski definition) is 0. The predicted molar refractivity (Wildman–Crippen MR) is 55.3 cm³/mol. The minimum Gasteiger partial charge on any atom is -0.396 e. The number of oxime groups is 1. The van der Waals surface area contributed by atoms with Gasteiger partial charge in [-0.15, -0.1) is 11.6 Å². The van der Waals surface area contributed by atoms with E-state index in [0.717, 1.165) is 12.0 Å². The standard InChI is InChI=1S/C10H11ClFNO/c11-6-1-7-14-13-8-9-2-4-10(12)5-3-9/h2-5,8H,1,6-7H2/b13-8+. The van der Waals surface area contributed by atoms with Crippen molar-refractivity contribution in [3.05, 3.63) is 35.6 Å². The first-order chi connectivity index (χ1) is 6.83. The van der Waals surface area contributed by atoms with Crippen LogP contribution in [0.25, 0.3) is 0 Å². The molecule has 0 heterocycles. The molecule has 2 nitrogen and oxygen atoms in total. The fourth-order valence-electron chi connectivity index (χ4n) is 0.819. The van der Waals surface area contributed by atoms with Crippen LogP contribution in [0.1, 0.15) is 12.0 Å². The number of rotatable bonds is 5. The van der Waals surface area contributed by atoms with E-state index >= 15 is 0 Å². The summed E-state index contributed by atoms with van der Waals surface area (Å²) < 4.78 is 12.5. The Labute approximate surface area is 87.3 Å². The first-order valence-electron chi connectivity index (χ1n) is 4.30. The average molecular weight is 216 g/mol. The van der Waals surface area contributed by atoms with Crippen LogP contribution in [-0.4, -0.2) is 18.7 Å². The number of halogens is 2. The molecule has 0 aliphatic carbocycles. The van der Waals surface area contributed by atoms with Gasteiger partial charge in [-0.25, -0.2) is 4.39 Å². The van der Waals surface area contributed by atoms with Gasteiger partial charge in [-0.3, -0.25) is 0 Å². The van der Waals surface area contributed by atoms with Crippen molar-refractivity contribution in [2.75, 3.05) is 12.5 Å². The summed E-state index contributed by atoms with van der Waals surface area (Å²) in [6, 6.07) is 6.01. The van der Waals surface area contributed by atoms with Crippen molar-refractivity contribution < 1.29 is 9.23 Å². The molecule has 0 fully saturated rings. The van der Waals surface area contributed by atoms with Gasteiger partial charge in [0.1, 0.15) is 12.4 Å². The molecule has 0 bridgehead atoms. The second-order valence-corrected chi connectivity index (χ2v) is 3.04. The van der Waals surface area contributed by atoms with Crippen LogP contribution in [0, 0.1) is 5.82 Å². The molecule has 0 radical (unpaired) electrons. The van der Waals surface area contributed by atoms with Crippen LogP contribution in [0.15, 0.2) is 29.4 Å². The lowest BCUT2D eigenvalue weighted by Crippen LogP contribution is -1.89. The third-order valence-electron chi connectivity index (χ3n) is 1.52. The second-order valence-electron chi connectivity index (χ2n) is 2.66. The summed E-state index contributed by atoms with van der Waals surface area (Å²) in [7, 11) is 0. The van der Waals surface area contributed by atoms with Gasteiger partial charge < -0.3 is 4.84 Å². The van der Waals surface area contributed by atoms with E-state index in [1.165, 1.54) is 18.3 Å². The average Bonchev–Trinajstić information content (AvgIpc) is 2.21. The van der Waals surface area contributed by atoms with Crippen molar-refractivity contribution in [2.45, 2.75) is 6.42 Å². The van der Waals surface area contributed by atoms with E-state index in [2.05, 4.69) is 5.16 Å². The minimum absolute atomic E-state index is 0.259. The van der Waals surface area contributed by atoms with E-state index in [9.17, 15) is 4.39 Å². The molecule has 1 rings (SSSR count). The fourth-order valence-corrected chi connectivity index (χ4v) is 0.928. The Morgan fingerprint density at radius 3 is 2.71 bits per heavy atom. The number of benzene rings is 1. The summed E-state index contributed by atoms with van der Waals surface area (Å²) in [5, 5.41) is 3.70. The van der Waals surface area contributed by atoms with E-state index < -0.39 is 0 Å². The molecule has 4 heteroatoms. The Balaban J connectivity index is 2.33. The summed E-state index contributed by atoms with van der Waals surface area (Å²) in [4.78, 5) is 4.90. The lowest BCUT2D eigenvalue weighted by atomic mass is 10.2. The largest absolute Gasteiger partial charge is 0.396 e. The SMILES string of the molecule is Fc1ccc(/C=N/OCCCCl)cc1. The summed E-state index contributed by atoms with van der Waals surface area (Å²) in [5.41, 5.74) is 0.803. The molecule has 0 aliphatic heterocycles. The maximum Gasteiger partial charge on any atom is 0.123 e. The van der Waals surface area contributed by atoms with Gasteiger partial charge in [0.2, 0.25) is 0 Å². The van der Waals surface area contributed by atoms with Crippen molar-refractivity contribution in [3.63, 3.8) is 0 Å². The van der Waals surface area contributed by atoms with Gasteiger partial charge in [0.25, 0.3) is 0 Å². The first kappa shape index (κ1) is 11.0. The molecule has 0 aromatic heterocycles. The molecule has 0 N–H and O–H groups in total. The van der Waals surface area contributed by atoms with Crippen molar-refractivity contribution in [2.24, 2.45) is 5.16 Å². The highest BCUT2D eigenvalue weighted by molar-refractivity contribution is 6.17. The normalized spacial score (nSPS) is 10.7. The molecule has 0 amide bonds. The number of nitrogens with zero attached hydrogens (tertiary/aromatic N) is 1. The molecule has 0 saturated heterocycles. The molecule has 0 unspecified atom stereocenters. The van der Waals surface area contributed by atoms with Gasteiger partial charge in [-0.2, -0.15) is 0 Å². The van der Waals surface area contributed by atoms with Crippen LogP contribution >= 0.6 is 11.6 Å². The quantitative estimate of drug-likeness (QED) is 0.320. The van der Waals surface area contributed by atoms with Gasteiger partial charge in [0.05, 0.1) is 6.21 Å². The minimum atomic E-state index is -0.259. The van der Waals surface area contributed by atoms with Crippen molar-refractivity contribution >= 4 is 17.8 Å². The van der Waals surface area contributed by atoms with E-state index in [4.69, 9.17) is 16.4 Å². The van der Waals surface area contributed by atoms with E-state index in [0.29, 0.717) is 12.5 Å². The van der Waals surface area contributed by atoms with Crippen LogP contribution in [0.5, 0.6) is 0 Å².